The summed E-state index contributed by atoms with van der Waals surface area (Å²) >= 11 is 5.89. The van der Waals surface area contributed by atoms with E-state index in [0.29, 0.717) is 28.8 Å². The summed E-state index contributed by atoms with van der Waals surface area (Å²) in [5.41, 5.74) is 2.85. The van der Waals surface area contributed by atoms with E-state index in [0.717, 1.165) is 5.56 Å². The Morgan fingerprint density at radius 2 is 1.72 bits per heavy atom. The zero-order chi connectivity index (χ0) is 17.6. The Labute approximate surface area is 151 Å². The molecule has 0 saturated carbocycles. The molecular weight excluding hydrogens is 336 g/mol. The van der Waals surface area contributed by atoms with E-state index in [1.165, 1.54) is 5.56 Å². The van der Waals surface area contributed by atoms with Gasteiger partial charge < -0.3 is 10.6 Å². The summed E-state index contributed by atoms with van der Waals surface area (Å²) in [6.07, 6.45) is 0. The van der Waals surface area contributed by atoms with Crippen molar-refractivity contribution in [1.82, 2.24) is 10.2 Å². The maximum absolute atomic E-state index is 12.1. The molecule has 0 bridgehead atoms. The van der Waals surface area contributed by atoms with Crippen LogP contribution in [0.4, 0.5) is 11.6 Å². The third-order valence-corrected chi connectivity index (χ3v) is 3.82. The number of carbonyl (C=O) groups is 1. The Bertz CT molecular complexity index is 863. The molecule has 2 N–H and O–H groups in total. The summed E-state index contributed by atoms with van der Waals surface area (Å²) < 4.78 is 0. The first-order valence-corrected chi connectivity index (χ1v) is 8.18. The van der Waals surface area contributed by atoms with Crippen molar-refractivity contribution < 1.29 is 4.79 Å². The molecule has 0 spiro atoms. The van der Waals surface area contributed by atoms with E-state index in [4.69, 9.17) is 11.6 Å². The van der Waals surface area contributed by atoms with Gasteiger partial charge in [-0.2, -0.15) is 0 Å². The van der Waals surface area contributed by atoms with Gasteiger partial charge in [-0.25, -0.2) is 0 Å². The predicted molar refractivity (Wildman–Crippen MR) is 99.9 cm³/mol. The summed E-state index contributed by atoms with van der Waals surface area (Å²) in [7, 11) is 0. The lowest BCUT2D eigenvalue weighted by Gasteiger charge is -2.07. The Morgan fingerprint density at radius 3 is 2.40 bits per heavy atom. The summed E-state index contributed by atoms with van der Waals surface area (Å²) in [4.78, 5) is 12.1. The second-order valence-electron chi connectivity index (χ2n) is 5.61. The lowest BCUT2D eigenvalue weighted by Crippen LogP contribution is -2.13. The fourth-order valence-corrected chi connectivity index (χ4v) is 2.40. The number of anilines is 2. The van der Waals surface area contributed by atoms with Gasteiger partial charge in [0.2, 0.25) is 0 Å². The third kappa shape index (κ3) is 4.78. The molecule has 3 aromatic rings. The molecule has 0 aliphatic rings. The second-order valence-corrected chi connectivity index (χ2v) is 6.04. The molecule has 0 aliphatic carbocycles. The van der Waals surface area contributed by atoms with Crippen molar-refractivity contribution in [2.45, 2.75) is 13.5 Å². The molecule has 0 aliphatic heterocycles. The predicted octanol–water partition coefficient (Wildman–Crippen LogP) is 4.30. The summed E-state index contributed by atoms with van der Waals surface area (Å²) in [5, 5.41) is 14.5. The highest BCUT2D eigenvalue weighted by atomic mass is 35.5. The Kier molecular flexibility index (Phi) is 5.26. The lowest BCUT2D eigenvalue weighted by atomic mass is 10.1. The normalized spacial score (nSPS) is 10.3. The highest BCUT2D eigenvalue weighted by Crippen LogP contribution is 2.13. The SMILES string of the molecule is Cc1ccc(CNc2ccc(NC(=O)c3cccc(Cl)c3)nn2)cc1. The van der Waals surface area contributed by atoms with Gasteiger partial charge in [0.15, 0.2) is 5.82 Å². The van der Waals surface area contributed by atoms with Gasteiger partial charge in [0.05, 0.1) is 0 Å². The van der Waals surface area contributed by atoms with Crippen molar-refractivity contribution in [2.24, 2.45) is 0 Å². The molecule has 3 rings (SSSR count). The van der Waals surface area contributed by atoms with Crippen LogP contribution in [0.3, 0.4) is 0 Å². The number of nitrogens with one attached hydrogen (secondary N) is 2. The van der Waals surface area contributed by atoms with Crippen molar-refractivity contribution in [3.63, 3.8) is 0 Å². The number of hydrogen-bond acceptors (Lipinski definition) is 4. The van der Waals surface area contributed by atoms with Gasteiger partial charge in [0, 0.05) is 17.1 Å². The standard InChI is InChI=1S/C19H17ClN4O/c1-13-5-7-14(8-6-13)12-21-17-9-10-18(24-23-17)22-19(25)15-3-2-4-16(20)11-15/h2-11H,12H2,1H3,(H,21,23)(H,22,24,25). The first kappa shape index (κ1) is 16.9. The maximum atomic E-state index is 12.1. The van der Waals surface area contributed by atoms with E-state index in [9.17, 15) is 4.79 Å². The van der Waals surface area contributed by atoms with Crippen LogP contribution in [-0.4, -0.2) is 16.1 Å². The minimum atomic E-state index is -0.280. The van der Waals surface area contributed by atoms with Crippen molar-refractivity contribution in [1.29, 1.82) is 0 Å². The average molecular weight is 353 g/mol. The van der Waals surface area contributed by atoms with E-state index in [-0.39, 0.29) is 5.91 Å². The molecular formula is C19H17ClN4O. The maximum Gasteiger partial charge on any atom is 0.256 e. The summed E-state index contributed by atoms with van der Waals surface area (Å²) in [6, 6.07) is 18.5. The molecule has 0 unspecified atom stereocenters. The molecule has 0 saturated heterocycles. The van der Waals surface area contributed by atoms with Crippen LogP contribution in [-0.2, 0) is 6.54 Å². The zero-order valence-corrected chi connectivity index (χ0v) is 14.4. The van der Waals surface area contributed by atoms with Gasteiger partial charge in [0.25, 0.3) is 5.91 Å². The topological polar surface area (TPSA) is 66.9 Å². The van der Waals surface area contributed by atoms with Crippen LogP contribution in [0, 0.1) is 6.92 Å². The zero-order valence-electron chi connectivity index (χ0n) is 13.7. The van der Waals surface area contributed by atoms with Crippen LogP contribution in [0.25, 0.3) is 0 Å². The Balaban J connectivity index is 1.58. The molecule has 0 fully saturated rings. The van der Waals surface area contributed by atoms with Crippen molar-refractivity contribution in [2.75, 3.05) is 10.6 Å². The van der Waals surface area contributed by atoms with Crippen LogP contribution >= 0.6 is 11.6 Å². The van der Waals surface area contributed by atoms with Gasteiger partial charge in [-0.1, -0.05) is 47.5 Å². The second kappa shape index (κ2) is 7.77. The largest absolute Gasteiger partial charge is 0.365 e. The molecule has 6 heteroatoms. The molecule has 0 radical (unpaired) electrons. The van der Waals surface area contributed by atoms with Gasteiger partial charge in [-0.15, -0.1) is 10.2 Å². The van der Waals surface area contributed by atoms with E-state index in [1.54, 1.807) is 36.4 Å². The quantitative estimate of drug-likeness (QED) is 0.718. The van der Waals surface area contributed by atoms with Crippen molar-refractivity contribution in [3.8, 4) is 0 Å². The number of amides is 1. The van der Waals surface area contributed by atoms with Gasteiger partial charge in [0.1, 0.15) is 5.82 Å². The molecule has 1 amide bonds. The number of hydrogen-bond donors (Lipinski definition) is 2. The molecule has 1 heterocycles. The fraction of sp³-hybridized carbons (Fsp3) is 0.105. The Hall–Kier alpha value is -2.92. The number of carbonyl (C=O) groups excluding carboxylic acids is 1. The van der Waals surface area contributed by atoms with E-state index < -0.39 is 0 Å². The monoisotopic (exact) mass is 352 g/mol. The minimum Gasteiger partial charge on any atom is -0.365 e. The number of halogens is 1. The average Bonchev–Trinajstić information content (AvgIpc) is 2.62. The first-order valence-electron chi connectivity index (χ1n) is 7.80. The summed E-state index contributed by atoms with van der Waals surface area (Å²) in [5.74, 6) is 0.740. The van der Waals surface area contributed by atoms with Crippen LogP contribution < -0.4 is 10.6 Å². The van der Waals surface area contributed by atoms with Crippen LogP contribution in [0.5, 0.6) is 0 Å². The molecule has 2 aromatic carbocycles. The van der Waals surface area contributed by atoms with E-state index in [2.05, 4.69) is 52.0 Å². The van der Waals surface area contributed by atoms with Crippen molar-refractivity contribution >= 4 is 29.1 Å². The molecule has 1 aromatic heterocycles. The lowest BCUT2D eigenvalue weighted by molar-refractivity contribution is 0.102. The van der Waals surface area contributed by atoms with Gasteiger partial charge in [-0.05, 0) is 42.8 Å². The van der Waals surface area contributed by atoms with Gasteiger partial charge in [-0.3, -0.25) is 4.79 Å². The van der Waals surface area contributed by atoms with Crippen LogP contribution in [0.15, 0.2) is 60.7 Å². The number of rotatable bonds is 5. The number of aryl methyl sites for hydroxylation is 1. The highest BCUT2D eigenvalue weighted by Gasteiger charge is 2.07. The minimum absolute atomic E-state index is 0.280. The fourth-order valence-electron chi connectivity index (χ4n) is 2.21. The van der Waals surface area contributed by atoms with Gasteiger partial charge >= 0.3 is 0 Å². The van der Waals surface area contributed by atoms with Crippen molar-refractivity contribution in [3.05, 3.63) is 82.4 Å². The van der Waals surface area contributed by atoms with Crippen LogP contribution in [0.1, 0.15) is 21.5 Å². The molecule has 5 nitrogen and oxygen atoms in total. The number of benzene rings is 2. The summed E-state index contributed by atoms with van der Waals surface area (Å²) in [6.45, 7) is 2.71. The molecule has 0 atom stereocenters. The first-order chi connectivity index (χ1) is 12.1. The highest BCUT2D eigenvalue weighted by molar-refractivity contribution is 6.31. The third-order valence-electron chi connectivity index (χ3n) is 3.59. The molecule has 126 valence electrons. The van der Waals surface area contributed by atoms with E-state index in [1.807, 2.05) is 0 Å². The number of nitrogens with zero attached hydrogens (tertiary/aromatic N) is 2. The Morgan fingerprint density at radius 1 is 1.00 bits per heavy atom. The van der Waals surface area contributed by atoms with Crippen LogP contribution in [0.2, 0.25) is 5.02 Å². The smallest absolute Gasteiger partial charge is 0.256 e. The molecule has 25 heavy (non-hydrogen) atoms. The number of aromatic nitrogens is 2. The van der Waals surface area contributed by atoms with E-state index >= 15 is 0 Å².